The third kappa shape index (κ3) is 47.3. The summed E-state index contributed by atoms with van der Waals surface area (Å²) >= 11 is 0. The van der Waals surface area contributed by atoms with Crippen molar-refractivity contribution >= 4 is 17.9 Å². The van der Waals surface area contributed by atoms with E-state index < -0.39 is 6.10 Å². The molecule has 0 aliphatic heterocycles. The van der Waals surface area contributed by atoms with Gasteiger partial charge in [0.15, 0.2) is 6.10 Å². The Bertz CT molecular complexity index is 887. The van der Waals surface area contributed by atoms with E-state index in [1.165, 1.54) is 193 Å². The molecule has 1 atom stereocenters. The minimum atomic E-state index is -0.760. The van der Waals surface area contributed by atoms with E-state index in [4.69, 9.17) is 14.2 Å². The normalized spacial score (nSPS) is 11.9. The second-order valence-electron chi connectivity index (χ2n) is 18.6. The summed E-state index contributed by atoms with van der Waals surface area (Å²) in [5.74, 6) is -0.0180. The first kappa shape index (κ1) is 57.4. The first-order chi connectivity index (χ1) is 28.9. The molecule has 0 aromatic heterocycles. The minimum Gasteiger partial charge on any atom is -0.462 e. The number of carbonyl (C=O) groups is 3. The zero-order valence-electron chi connectivity index (χ0n) is 40.2. The Morgan fingerprint density at radius 1 is 0.322 bits per heavy atom. The van der Waals surface area contributed by atoms with Crippen molar-refractivity contribution in [2.24, 2.45) is 5.92 Å². The maximum Gasteiger partial charge on any atom is 0.306 e. The van der Waals surface area contributed by atoms with Crippen molar-refractivity contribution in [3.8, 4) is 0 Å². The molecular formula is C53H102O6. The summed E-state index contributed by atoms with van der Waals surface area (Å²) in [6, 6.07) is 0. The first-order valence-corrected chi connectivity index (χ1v) is 26.4. The number of rotatable bonds is 48. The van der Waals surface area contributed by atoms with Crippen molar-refractivity contribution in [2.75, 3.05) is 13.2 Å². The lowest BCUT2D eigenvalue weighted by atomic mass is 10.0. The van der Waals surface area contributed by atoms with E-state index in [2.05, 4.69) is 27.7 Å². The molecule has 0 fully saturated rings. The minimum absolute atomic E-state index is 0.0627. The topological polar surface area (TPSA) is 78.9 Å². The van der Waals surface area contributed by atoms with Gasteiger partial charge in [0.1, 0.15) is 13.2 Å². The zero-order valence-corrected chi connectivity index (χ0v) is 40.2. The molecule has 0 aliphatic carbocycles. The molecule has 0 bridgehead atoms. The summed E-state index contributed by atoms with van der Waals surface area (Å²) in [6.45, 7) is 9.02. The Labute approximate surface area is 368 Å². The maximum absolute atomic E-state index is 12.7. The van der Waals surface area contributed by atoms with E-state index in [9.17, 15) is 14.4 Å². The fourth-order valence-corrected chi connectivity index (χ4v) is 8.04. The molecule has 0 heterocycles. The number of ether oxygens (including phenoxy) is 3. The van der Waals surface area contributed by atoms with Gasteiger partial charge in [-0.2, -0.15) is 0 Å². The van der Waals surface area contributed by atoms with Crippen LogP contribution in [0.1, 0.15) is 297 Å². The highest BCUT2D eigenvalue weighted by molar-refractivity contribution is 5.71. The lowest BCUT2D eigenvalue weighted by Gasteiger charge is -2.18. The molecule has 0 aromatic rings. The molecule has 0 amide bonds. The van der Waals surface area contributed by atoms with Crippen LogP contribution >= 0.6 is 0 Å². The molecule has 0 unspecified atom stereocenters. The Hall–Kier alpha value is -1.59. The van der Waals surface area contributed by atoms with Gasteiger partial charge in [0.2, 0.25) is 0 Å². The van der Waals surface area contributed by atoms with Crippen LogP contribution in [0.25, 0.3) is 0 Å². The van der Waals surface area contributed by atoms with Crippen LogP contribution < -0.4 is 0 Å². The molecule has 0 aromatic carbocycles. The second-order valence-corrected chi connectivity index (χ2v) is 18.6. The van der Waals surface area contributed by atoms with Crippen LogP contribution in [-0.4, -0.2) is 37.2 Å². The molecule has 6 nitrogen and oxygen atoms in total. The second kappa shape index (κ2) is 47.5. The van der Waals surface area contributed by atoms with Gasteiger partial charge in [-0.15, -0.1) is 0 Å². The molecular weight excluding hydrogens is 733 g/mol. The summed E-state index contributed by atoms with van der Waals surface area (Å²) < 4.78 is 16.8. The predicted octanol–water partition coefficient (Wildman–Crippen LogP) is 17.1. The standard InChI is InChI=1S/C53H102O6/c1-5-7-9-11-13-15-17-18-19-20-21-22-25-29-32-36-40-44-51(54)57-47-50(59-53(56)46-42-38-34-28-16-14-12-10-8-6-2)48-58-52(55)45-41-37-33-30-26-23-24-27-31-35-39-43-49(3)4/h49-50H,5-48H2,1-4H3/t50-/m0/s1. The number of carbonyl (C=O) groups excluding carboxylic acids is 3. The van der Waals surface area contributed by atoms with Crippen molar-refractivity contribution < 1.29 is 28.6 Å². The van der Waals surface area contributed by atoms with Crippen LogP contribution in [0, 0.1) is 5.92 Å². The molecule has 350 valence electrons. The number of esters is 3. The fraction of sp³-hybridized carbons (Fsp3) is 0.943. The lowest BCUT2D eigenvalue weighted by Crippen LogP contribution is -2.30. The van der Waals surface area contributed by atoms with Crippen molar-refractivity contribution in [1.82, 2.24) is 0 Å². The van der Waals surface area contributed by atoms with Gasteiger partial charge in [0.05, 0.1) is 0 Å². The summed E-state index contributed by atoms with van der Waals surface area (Å²) in [4.78, 5) is 37.9. The van der Waals surface area contributed by atoms with E-state index in [0.29, 0.717) is 19.3 Å². The third-order valence-electron chi connectivity index (χ3n) is 12.0. The van der Waals surface area contributed by atoms with Gasteiger partial charge < -0.3 is 14.2 Å². The Balaban J connectivity index is 4.25. The zero-order chi connectivity index (χ0) is 43.1. The predicted molar refractivity (Wildman–Crippen MR) is 252 cm³/mol. The number of unbranched alkanes of at least 4 members (excludes halogenated alkanes) is 35. The van der Waals surface area contributed by atoms with E-state index in [1.807, 2.05) is 0 Å². The highest BCUT2D eigenvalue weighted by Crippen LogP contribution is 2.17. The summed E-state index contributed by atoms with van der Waals surface area (Å²) in [6.07, 6.45) is 49.5. The van der Waals surface area contributed by atoms with Gasteiger partial charge in [-0.1, -0.05) is 259 Å². The van der Waals surface area contributed by atoms with E-state index in [0.717, 1.165) is 63.7 Å². The SMILES string of the molecule is CCCCCCCCCCCCCCCCCCCC(=O)OC[C@@H](COC(=O)CCCCCCCCCCCCCC(C)C)OC(=O)CCCCCCCCCCCC. The average molecular weight is 835 g/mol. The third-order valence-corrected chi connectivity index (χ3v) is 12.0. The molecule has 59 heavy (non-hydrogen) atoms. The van der Waals surface area contributed by atoms with Gasteiger partial charge in [-0.25, -0.2) is 0 Å². The summed E-state index contributed by atoms with van der Waals surface area (Å²) in [5, 5.41) is 0. The van der Waals surface area contributed by atoms with E-state index in [1.54, 1.807) is 0 Å². The van der Waals surface area contributed by atoms with Crippen molar-refractivity contribution in [3.63, 3.8) is 0 Å². The van der Waals surface area contributed by atoms with Crippen LogP contribution in [-0.2, 0) is 28.6 Å². The Morgan fingerprint density at radius 3 is 0.831 bits per heavy atom. The molecule has 0 radical (unpaired) electrons. The molecule has 0 saturated carbocycles. The molecule has 0 aliphatic rings. The van der Waals surface area contributed by atoms with Crippen molar-refractivity contribution in [2.45, 2.75) is 303 Å². The molecule has 0 spiro atoms. The monoisotopic (exact) mass is 835 g/mol. The van der Waals surface area contributed by atoms with Gasteiger partial charge in [-0.3, -0.25) is 14.4 Å². The summed E-state index contributed by atoms with van der Waals surface area (Å²) in [5.41, 5.74) is 0. The first-order valence-electron chi connectivity index (χ1n) is 26.4. The van der Waals surface area contributed by atoms with Gasteiger partial charge in [-0.05, 0) is 25.2 Å². The lowest BCUT2D eigenvalue weighted by molar-refractivity contribution is -0.167. The Kier molecular flexibility index (Phi) is 46.2. The fourth-order valence-electron chi connectivity index (χ4n) is 8.04. The van der Waals surface area contributed by atoms with Gasteiger partial charge in [0.25, 0.3) is 0 Å². The molecule has 0 N–H and O–H groups in total. The van der Waals surface area contributed by atoms with Gasteiger partial charge in [0, 0.05) is 19.3 Å². The van der Waals surface area contributed by atoms with Crippen LogP contribution in [0.3, 0.4) is 0 Å². The van der Waals surface area contributed by atoms with Gasteiger partial charge >= 0.3 is 17.9 Å². The Morgan fingerprint density at radius 2 is 0.559 bits per heavy atom. The highest BCUT2D eigenvalue weighted by atomic mass is 16.6. The van der Waals surface area contributed by atoms with Crippen molar-refractivity contribution in [1.29, 1.82) is 0 Å². The van der Waals surface area contributed by atoms with Crippen LogP contribution in [0.2, 0.25) is 0 Å². The van der Waals surface area contributed by atoms with Crippen LogP contribution in [0.4, 0.5) is 0 Å². The largest absolute Gasteiger partial charge is 0.462 e. The van der Waals surface area contributed by atoms with E-state index >= 15 is 0 Å². The molecule has 6 heteroatoms. The quantitative estimate of drug-likeness (QED) is 0.0345. The van der Waals surface area contributed by atoms with Crippen molar-refractivity contribution in [3.05, 3.63) is 0 Å². The van der Waals surface area contributed by atoms with Crippen LogP contribution in [0.5, 0.6) is 0 Å². The van der Waals surface area contributed by atoms with E-state index in [-0.39, 0.29) is 31.1 Å². The summed E-state index contributed by atoms with van der Waals surface area (Å²) in [7, 11) is 0. The maximum atomic E-state index is 12.7. The highest BCUT2D eigenvalue weighted by Gasteiger charge is 2.19. The molecule has 0 rings (SSSR count). The smallest absolute Gasteiger partial charge is 0.306 e. The number of hydrogen-bond acceptors (Lipinski definition) is 6. The number of hydrogen-bond donors (Lipinski definition) is 0. The van der Waals surface area contributed by atoms with Crippen LogP contribution in [0.15, 0.2) is 0 Å². The average Bonchev–Trinajstić information content (AvgIpc) is 3.22. The molecule has 0 saturated heterocycles.